The summed E-state index contributed by atoms with van der Waals surface area (Å²) < 4.78 is 16.1. The Bertz CT molecular complexity index is 503. The third kappa shape index (κ3) is 7.16. The summed E-state index contributed by atoms with van der Waals surface area (Å²) in [6.07, 6.45) is 25.2. The third-order valence-electron chi connectivity index (χ3n) is 5.04. The van der Waals surface area contributed by atoms with Crippen molar-refractivity contribution in [2.75, 3.05) is 0 Å². The molecule has 2 unspecified atom stereocenters. The number of hydrogen-bond donors (Lipinski definition) is 1. The summed E-state index contributed by atoms with van der Waals surface area (Å²) in [7, 11) is 0. The van der Waals surface area contributed by atoms with Gasteiger partial charge in [-0.05, 0) is 45.1 Å². The summed E-state index contributed by atoms with van der Waals surface area (Å²) in [4.78, 5) is 0. The Balaban J connectivity index is 2.23. The molecular formula is C22H35NOS. The van der Waals surface area contributed by atoms with E-state index in [1.165, 1.54) is 56.9 Å². The molecule has 0 saturated heterocycles. The van der Waals surface area contributed by atoms with Crippen molar-refractivity contribution in [3.05, 3.63) is 48.1 Å². The normalized spacial score (nSPS) is 28.9. The zero-order chi connectivity index (χ0) is 18.1. The fraction of sp³-hybridized carbons (Fsp3) is 0.636. The first-order valence-electron chi connectivity index (χ1n) is 9.88. The van der Waals surface area contributed by atoms with Crippen LogP contribution in [0.15, 0.2) is 48.1 Å². The van der Waals surface area contributed by atoms with Crippen LogP contribution in [0.1, 0.15) is 72.1 Å². The van der Waals surface area contributed by atoms with Crippen molar-refractivity contribution in [1.29, 1.82) is 0 Å². The summed E-state index contributed by atoms with van der Waals surface area (Å²) in [5.74, 6) is 0.553. The van der Waals surface area contributed by atoms with Crippen molar-refractivity contribution >= 4 is 11.4 Å². The van der Waals surface area contributed by atoms with Crippen molar-refractivity contribution in [2.45, 2.75) is 82.9 Å². The van der Waals surface area contributed by atoms with Crippen LogP contribution in [0.2, 0.25) is 0 Å². The molecule has 0 radical (unpaired) electrons. The molecule has 0 amide bonds. The van der Waals surface area contributed by atoms with Gasteiger partial charge in [-0.25, -0.2) is 0 Å². The average molecular weight is 362 g/mol. The lowest BCUT2D eigenvalue weighted by Crippen LogP contribution is -2.48. The summed E-state index contributed by atoms with van der Waals surface area (Å²) in [5, 5.41) is 0. The van der Waals surface area contributed by atoms with Gasteiger partial charge in [0.2, 0.25) is 0 Å². The fourth-order valence-electron chi connectivity index (χ4n) is 3.52. The van der Waals surface area contributed by atoms with Crippen LogP contribution in [0.4, 0.5) is 0 Å². The molecule has 2 atom stereocenters. The molecule has 2 nitrogen and oxygen atoms in total. The van der Waals surface area contributed by atoms with Gasteiger partial charge >= 0.3 is 0 Å². The van der Waals surface area contributed by atoms with E-state index in [0.717, 1.165) is 0 Å². The van der Waals surface area contributed by atoms with Crippen LogP contribution in [-0.4, -0.2) is 15.3 Å². The lowest BCUT2D eigenvalue weighted by molar-refractivity contribution is 0.363. The Labute approximate surface area is 157 Å². The first-order chi connectivity index (χ1) is 12.0. The van der Waals surface area contributed by atoms with Gasteiger partial charge in [0.05, 0.1) is 6.04 Å². The summed E-state index contributed by atoms with van der Waals surface area (Å²) in [5.41, 5.74) is 1.25. The Morgan fingerprint density at radius 3 is 2.12 bits per heavy atom. The molecule has 140 valence electrons. The Morgan fingerprint density at radius 2 is 1.48 bits per heavy atom. The topological polar surface area (TPSA) is 35.1 Å². The summed E-state index contributed by atoms with van der Waals surface area (Å²) >= 11 is -1.06. The van der Waals surface area contributed by atoms with Crippen LogP contribution in [0, 0.1) is 5.92 Å². The molecule has 3 heteroatoms. The maximum Gasteiger partial charge on any atom is 0.136 e. The van der Waals surface area contributed by atoms with Crippen LogP contribution in [0.5, 0.6) is 0 Å². The fourth-order valence-corrected chi connectivity index (χ4v) is 4.43. The van der Waals surface area contributed by atoms with E-state index >= 15 is 0 Å². The lowest BCUT2D eigenvalue weighted by atomic mass is 9.85. The molecule has 0 heterocycles. The van der Waals surface area contributed by atoms with Gasteiger partial charge in [-0.3, -0.25) is 0 Å². The molecule has 1 N–H and O–H groups in total. The van der Waals surface area contributed by atoms with E-state index < -0.39 is 11.4 Å². The Hall–Kier alpha value is -0.770. The molecule has 0 aromatic carbocycles. The second kappa shape index (κ2) is 10.4. The quantitative estimate of drug-likeness (QED) is 0.645. The molecule has 1 fully saturated rings. The van der Waals surface area contributed by atoms with Crippen molar-refractivity contribution in [1.82, 2.24) is 4.72 Å². The molecule has 0 aliphatic heterocycles. The molecule has 1 saturated carbocycles. The predicted molar refractivity (Wildman–Crippen MR) is 111 cm³/mol. The number of rotatable bonds is 4. The highest BCUT2D eigenvalue weighted by molar-refractivity contribution is 7.90. The van der Waals surface area contributed by atoms with Gasteiger partial charge < -0.3 is 4.55 Å². The molecule has 2 aliphatic carbocycles. The number of nitrogens with one attached hydrogen (secondary N) is 1. The molecular weight excluding hydrogens is 326 g/mol. The molecule has 2 aliphatic rings. The van der Waals surface area contributed by atoms with Gasteiger partial charge in [-0.15, -0.1) is 4.72 Å². The van der Waals surface area contributed by atoms with E-state index in [0.29, 0.717) is 5.92 Å². The largest absolute Gasteiger partial charge is 0.598 e. The van der Waals surface area contributed by atoms with Crippen LogP contribution < -0.4 is 4.72 Å². The number of allylic oxidation sites excluding steroid dienone is 6. The van der Waals surface area contributed by atoms with Crippen LogP contribution >= 0.6 is 0 Å². The molecule has 2 rings (SSSR count). The van der Waals surface area contributed by atoms with E-state index in [1.54, 1.807) is 0 Å². The Morgan fingerprint density at radius 1 is 0.920 bits per heavy atom. The van der Waals surface area contributed by atoms with Gasteiger partial charge in [0.1, 0.15) is 4.75 Å². The Kier molecular flexibility index (Phi) is 8.54. The van der Waals surface area contributed by atoms with E-state index in [4.69, 9.17) is 0 Å². The van der Waals surface area contributed by atoms with E-state index in [1.807, 2.05) is 26.8 Å². The van der Waals surface area contributed by atoms with Gasteiger partial charge in [0, 0.05) is 11.4 Å². The van der Waals surface area contributed by atoms with Crippen molar-refractivity contribution in [2.24, 2.45) is 5.92 Å². The predicted octanol–water partition coefficient (Wildman–Crippen LogP) is 5.77. The van der Waals surface area contributed by atoms with Crippen LogP contribution in [0.25, 0.3) is 0 Å². The second-order valence-corrected chi connectivity index (χ2v) is 10.2. The van der Waals surface area contributed by atoms with E-state index in [2.05, 4.69) is 41.2 Å². The highest BCUT2D eigenvalue weighted by Crippen LogP contribution is 2.30. The van der Waals surface area contributed by atoms with Gasteiger partial charge in [0.15, 0.2) is 0 Å². The summed E-state index contributed by atoms with van der Waals surface area (Å²) in [6, 6.07) is 0.158. The maximum absolute atomic E-state index is 12.9. The molecule has 25 heavy (non-hydrogen) atoms. The highest BCUT2D eigenvalue weighted by Gasteiger charge is 2.33. The van der Waals surface area contributed by atoms with E-state index in [9.17, 15) is 4.55 Å². The minimum atomic E-state index is -1.06. The van der Waals surface area contributed by atoms with Gasteiger partial charge in [0.25, 0.3) is 0 Å². The average Bonchev–Trinajstić information content (AvgIpc) is 2.65. The van der Waals surface area contributed by atoms with E-state index in [-0.39, 0.29) is 10.8 Å². The molecule has 0 aromatic rings. The monoisotopic (exact) mass is 361 g/mol. The van der Waals surface area contributed by atoms with Crippen molar-refractivity contribution in [3.8, 4) is 0 Å². The minimum Gasteiger partial charge on any atom is -0.598 e. The molecule has 0 spiro atoms. The lowest BCUT2D eigenvalue weighted by Gasteiger charge is -2.33. The molecule has 0 aromatic heterocycles. The third-order valence-corrected chi connectivity index (χ3v) is 6.62. The SMILES string of the molecule is CC(C)(C)[S+]([O-])NC(C1=C/C=C\C=C/C=C\1)C1CCCCCCCC1. The highest BCUT2D eigenvalue weighted by atomic mass is 32.2. The zero-order valence-electron chi connectivity index (χ0n) is 16.2. The molecule has 0 bridgehead atoms. The first kappa shape index (κ1) is 20.5. The van der Waals surface area contributed by atoms with Gasteiger partial charge in [-0.2, -0.15) is 0 Å². The smallest absolute Gasteiger partial charge is 0.136 e. The maximum atomic E-state index is 12.9. The minimum absolute atomic E-state index is 0.158. The van der Waals surface area contributed by atoms with Crippen LogP contribution in [-0.2, 0) is 11.4 Å². The summed E-state index contributed by atoms with van der Waals surface area (Å²) in [6.45, 7) is 6.13. The standard InChI is InChI=1S/C22H35NOS/c1-22(2,3)25(24)23-21(20-17-13-9-6-10-14-18-20)19-15-11-7-4-5-8-12-16-19/h6,9-10,13-14,17-19,21,23H,4-5,7-8,11-12,15-16H2,1-3H3/b9-6-,10-6?,13-9?,14-10-,17-13-,18-14?,20-17?,20-18+. The van der Waals surface area contributed by atoms with Crippen molar-refractivity contribution < 1.29 is 4.55 Å². The number of hydrogen-bond acceptors (Lipinski definition) is 2. The van der Waals surface area contributed by atoms with Gasteiger partial charge in [-0.1, -0.05) is 81.1 Å². The van der Waals surface area contributed by atoms with Crippen LogP contribution in [0.3, 0.4) is 0 Å². The van der Waals surface area contributed by atoms with Crippen molar-refractivity contribution in [3.63, 3.8) is 0 Å². The first-order valence-corrected chi connectivity index (χ1v) is 11.0. The zero-order valence-corrected chi connectivity index (χ0v) is 17.0. The second-order valence-electron chi connectivity index (χ2n) is 8.23.